The fourth-order valence-electron chi connectivity index (χ4n) is 3.47. The molecule has 6 nitrogen and oxygen atoms in total. The molecule has 1 N–H and O–H groups in total. The third kappa shape index (κ3) is 3.75. The largest absolute Gasteiger partial charge is 0.325 e. The first-order valence-corrected chi connectivity index (χ1v) is 10.6. The number of para-hydroxylation sites is 1. The normalized spacial score (nSPS) is 17.4. The van der Waals surface area contributed by atoms with Crippen LogP contribution in [0.2, 0.25) is 0 Å². The summed E-state index contributed by atoms with van der Waals surface area (Å²) in [5.41, 5.74) is 2.44. The third-order valence-electron chi connectivity index (χ3n) is 4.96. The molecule has 2 aromatic rings. The van der Waals surface area contributed by atoms with Gasteiger partial charge in [0.1, 0.15) is 17.7 Å². The van der Waals surface area contributed by atoms with Gasteiger partial charge in [0.05, 0.1) is 11.4 Å². The fraction of sp³-hybridized carbons (Fsp3) is 0.273. The van der Waals surface area contributed by atoms with Crippen molar-refractivity contribution in [2.45, 2.75) is 26.8 Å². The van der Waals surface area contributed by atoms with E-state index in [1.807, 2.05) is 43.0 Å². The number of carbonyl (C=O) groups is 2. The first-order chi connectivity index (χ1) is 14.3. The Labute approximate surface area is 178 Å². The lowest BCUT2D eigenvalue weighted by Gasteiger charge is -2.32. The van der Waals surface area contributed by atoms with Gasteiger partial charge >= 0.3 is 0 Å². The second kappa shape index (κ2) is 8.02. The molecule has 0 saturated heterocycles. The molecule has 0 spiro atoms. The highest BCUT2D eigenvalue weighted by Crippen LogP contribution is 2.35. The Bertz CT molecular complexity index is 1100. The maximum Gasteiger partial charge on any atom is 0.271 e. The Morgan fingerprint density at radius 3 is 2.73 bits per heavy atom. The van der Waals surface area contributed by atoms with Crippen LogP contribution >= 0.6 is 11.8 Å². The van der Waals surface area contributed by atoms with Crippen molar-refractivity contribution in [2.24, 2.45) is 15.9 Å². The number of hydrogen-bond donors (Lipinski definition) is 1. The number of benzene rings is 2. The minimum Gasteiger partial charge on any atom is -0.325 e. The van der Waals surface area contributed by atoms with Gasteiger partial charge < -0.3 is 5.32 Å². The molecule has 2 aromatic carbocycles. The molecule has 0 radical (unpaired) electrons. The Hall–Kier alpha value is -3.00. The molecule has 30 heavy (non-hydrogen) atoms. The van der Waals surface area contributed by atoms with Crippen molar-refractivity contribution >= 4 is 46.0 Å². The SMILES string of the molecule is Cc1ccc(NC(=O)CSC2=Nc3ccccc3C3=NC(=O)C(C(C)C)N23)cc1F. The maximum absolute atomic E-state index is 13.7. The van der Waals surface area contributed by atoms with Crippen LogP contribution in [0.4, 0.5) is 15.8 Å². The highest BCUT2D eigenvalue weighted by molar-refractivity contribution is 8.14. The summed E-state index contributed by atoms with van der Waals surface area (Å²) < 4.78 is 13.7. The number of amides is 2. The predicted molar refractivity (Wildman–Crippen MR) is 118 cm³/mol. The summed E-state index contributed by atoms with van der Waals surface area (Å²) in [6.45, 7) is 5.59. The number of amidine groups is 2. The third-order valence-corrected chi connectivity index (χ3v) is 5.91. The highest BCUT2D eigenvalue weighted by atomic mass is 32.2. The average Bonchev–Trinajstić information content (AvgIpc) is 3.06. The number of nitrogens with one attached hydrogen (secondary N) is 1. The van der Waals surface area contributed by atoms with Crippen LogP contribution < -0.4 is 5.32 Å². The van der Waals surface area contributed by atoms with Crippen molar-refractivity contribution in [1.29, 1.82) is 0 Å². The van der Waals surface area contributed by atoms with Crippen molar-refractivity contribution in [3.8, 4) is 0 Å². The maximum atomic E-state index is 13.7. The molecule has 0 aliphatic carbocycles. The highest BCUT2D eigenvalue weighted by Gasteiger charge is 2.43. The number of thioether (sulfide) groups is 1. The van der Waals surface area contributed by atoms with Gasteiger partial charge in [0.25, 0.3) is 5.91 Å². The van der Waals surface area contributed by atoms with Gasteiger partial charge in [0.15, 0.2) is 5.17 Å². The van der Waals surface area contributed by atoms with Crippen LogP contribution in [-0.4, -0.2) is 39.5 Å². The van der Waals surface area contributed by atoms with E-state index in [9.17, 15) is 14.0 Å². The molecule has 0 fully saturated rings. The van der Waals surface area contributed by atoms with E-state index in [0.29, 0.717) is 27.9 Å². The summed E-state index contributed by atoms with van der Waals surface area (Å²) in [4.78, 5) is 35.8. The zero-order valence-corrected chi connectivity index (χ0v) is 17.7. The molecule has 2 aliphatic heterocycles. The lowest BCUT2D eigenvalue weighted by molar-refractivity contribution is -0.120. The molecule has 2 heterocycles. The van der Waals surface area contributed by atoms with Gasteiger partial charge in [-0.2, -0.15) is 4.99 Å². The van der Waals surface area contributed by atoms with Crippen molar-refractivity contribution in [3.05, 3.63) is 59.4 Å². The number of fused-ring (bicyclic) bond motifs is 3. The van der Waals surface area contributed by atoms with E-state index < -0.39 is 6.04 Å². The molecule has 1 atom stereocenters. The van der Waals surface area contributed by atoms with Crippen molar-refractivity contribution in [2.75, 3.05) is 11.1 Å². The van der Waals surface area contributed by atoms with Crippen LogP contribution in [0.3, 0.4) is 0 Å². The van der Waals surface area contributed by atoms with Gasteiger partial charge in [0.2, 0.25) is 5.91 Å². The van der Waals surface area contributed by atoms with E-state index in [4.69, 9.17) is 4.99 Å². The van der Waals surface area contributed by atoms with Crippen molar-refractivity contribution < 1.29 is 14.0 Å². The van der Waals surface area contributed by atoms with Gasteiger partial charge in [-0.3, -0.25) is 14.5 Å². The zero-order chi connectivity index (χ0) is 21.4. The van der Waals surface area contributed by atoms with Gasteiger partial charge in [0, 0.05) is 11.3 Å². The minimum atomic E-state index is -0.450. The molecule has 1 unspecified atom stereocenters. The topological polar surface area (TPSA) is 74.1 Å². The van der Waals surface area contributed by atoms with E-state index in [-0.39, 0.29) is 29.3 Å². The van der Waals surface area contributed by atoms with Gasteiger partial charge in [-0.25, -0.2) is 9.38 Å². The van der Waals surface area contributed by atoms with Crippen molar-refractivity contribution in [1.82, 2.24) is 4.90 Å². The number of aryl methyl sites for hydroxylation is 1. The van der Waals surface area contributed by atoms with E-state index in [1.54, 1.807) is 19.1 Å². The number of anilines is 1. The summed E-state index contributed by atoms with van der Waals surface area (Å²) in [7, 11) is 0. The van der Waals surface area contributed by atoms with Crippen LogP contribution in [0.1, 0.15) is 25.0 Å². The average molecular weight is 425 g/mol. The number of carbonyl (C=O) groups excluding carboxylic acids is 2. The van der Waals surface area contributed by atoms with Crippen LogP contribution in [0.25, 0.3) is 0 Å². The Balaban J connectivity index is 1.55. The van der Waals surface area contributed by atoms with Crippen LogP contribution in [0.5, 0.6) is 0 Å². The minimum absolute atomic E-state index is 0.0270. The fourth-order valence-corrected chi connectivity index (χ4v) is 4.30. The second-order valence-corrected chi connectivity index (χ2v) is 8.49. The smallest absolute Gasteiger partial charge is 0.271 e. The van der Waals surface area contributed by atoms with Gasteiger partial charge in [-0.1, -0.05) is 43.8 Å². The molecular weight excluding hydrogens is 403 g/mol. The second-order valence-electron chi connectivity index (χ2n) is 7.54. The van der Waals surface area contributed by atoms with E-state index >= 15 is 0 Å². The zero-order valence-electron chi connectivity index (χ0n) is 16.8. The van der Waals surface area contributed by atoms with E-state index in [0.717, 1.165) is 5.56 Å². The van der Waals surface area contributed by atoms with Crippen LogP contribution in [0, 0.1) is 18.7 Å². The lowest BCUT2D eigenvalue weighted by Crippen LogP contribution is -2.46. The van der Waals surface area contributed by atoms with Crippen LogP contribution in [0.15, 0.2) is 52.4 Å². The summed E-state index contributed by atoms with van der Waals surface area (Å²) >= 11 is 1.23. The van der Waals surface area contributed by atoms with E-state index in [1.165, 1.54) is 17.8 Å². The molecule has 0 bridgehead atoms. The molecule has 2 amide bonds. The molecular formula is C22H21FN4O2S. The molecule has 4 rings (SSSR count). The van der Waals surface area contributed by atoms with Crippen LogP contribution in [-0.2, 0) is 9.59 Å². The predicted octanol–water partition coefficient (Wildman–Crippen LogP) is 4.12. The summed E-state index contributed by atoms with van der Waals surface area (Å²) in [5, 5.41) is 3.26. The monoisotopic (exact) mass is 424 g/mol. The first kappa shape index (κ1) is 20.3. The lowest BCUT2D eigenvalue weighted by atomic mass is 10.0. The number of halogens is 1. The first-order valence-electron chi connectivity index (χ1n) is 9.64. The Morgan fingerprint density at radius 1 is 1.23 bits per heavy atom. The Morgan fingerprint density at radius 2 is 2.00 bits per heavy atom. The summed E-state index contributed by atoms with van der Waals surface area (Å²) in [6, 6.07) is 11.6. The number of nitrogens with zero attached hydrogens (tertiary/aromatic N) is 3. The summed E-state index contributed by atoms with van der Waals surface area (Å²) in [5.74, 6) is -0.185. The quantitative estimate of drug-likeness (QED) is 0.801. The number of rotatable bonds is 4. The standard InChI is InChI=1S/C22H21FN4O2S/c1-12(2)19-21(29)26-20-15-6-4-5-7-17(15)25-22(27(19)20)30-11-18(28)24-14-9-8-13(3)16(23)10-14/h4-10,12,19H,11H2,1-3H3,(H,24,28). The molecule has 0 saturated carbocycles. The Kier molecular flexibility index (Phi) is 5.42. The number of hydrogen-bond acceptors (Lipinski definition) is 5. The summed E-state index contributed by atoms with van der Waals surface area (Å²) in [6.07, 6.45) is 0. The van der Waals surface area contributed by atoms with Crippen molar-refractivity contribution in [3.63, 3.8) is 0 Å². The number of aliphatic imine (C=N–C) groups is 2. The molecule has 2 aliphatic rings. The molecule has 0 aromatic heterocycles. The molecule has 154 valence electrons. The van der Waals surface area contributed by atoms with Gasteiger partial charge in [-0.15, -0.1) is 0 Å². The van der Waals surface area contributed by atoms with E-state index in [2.05, 4.69) is 10.3 Å². The molecule has 8 heteroatoms. The van der Waals surface area contributed by atoms with Gasteiger partial charge in [-0.05, 0) is 42.7 Å².